The van der Waals surface area contributed by atoms with Crippen LogP contribution >= 0.6 is 11.6 Å². The summed E-state index contributed by atoms with van der Waals surface area (Å²) in [5.74, 6) is -2.21. The number of halogens is 3. The van der Waals surface area contributed by atoms with Crippen molar-refractivity contribution in [3.63, 3.8) is 0 Å². The van der Waals surface area contributed by atoms with Crippen LogP contribution in [-0.4, -0.2) is 40.1 Å². The lowest BCUT2D eigenvalue weighted by molar-refractivity contribution is -0.211. The first-order valence-electron chi connectivity index (χ1n) is 5.12. The minimum Gasteiger partial charge on any atom is -0.461 e. The molecule has 1 rings (SSSR count). The Kier molecular flexibility index (Phi) is 3.97. The second kappa shape index (κ2) is 4.81. The van der Waals surface area contributed by atoms with Crippen molar-refractivity contribution in [2.24, 2.45) is 5.92 Å². The molecule has 1 heterocycles. The Labute approximate surface area is 107 Å². The van der Waals surface area contributed by atoms with Gasteiger partial charge < -0.3 is 9.84 Å². The molecule has 0 radical (unpaired) electrons. The third-order valence-corrected chi connectivity index (χ3v) is 2.95. The molecule has 1 aliphatic heterocycles. The van der Waals surface area contributed by atoms with Crippen LogP contribution in [0.3, 0.4) is 0 Å². The number of carbonyl (C=O) groups excluding carboxylic acids is 2. The van der Waals surface area contributed by atoms with Gasteiger partial charge in [-0.3, -0.25) is 9.69 Å². The topological polar surface area (TPSA) is 66.8 Å². The molecule has 18 heavy (non-hydrogen) atoms. The lowest BCUT2D eigenvalue weighted by Crippen LogP contribution is -2.58. The third-order valence-electron chi connectivity index (χ3n) is 2.68. The number of ether oxygens (including phenoxy) is 1. The average molecular weight is 284 g/mol. The number of carbonyl (C=O) groups is 2. The number of hydrogen-bond donors (Lipinski definition) is 1. The molecule has 0 aromatic rings. The summed E-state index contributed by atoms with van der Waals surface area (Å²) in [6.45, 7) is 2.73. The largest absolute Gasteiger partial charge is 0.461 e. The van der Waals surface area contributed by atoms with Crippen LogP contribution in [0.1, 0.15) is 13.8 Å². The van der Waals surface area contributed by atoms with E-state index >= 15 is 0 Å². The van der Waals surface area contributed by atoms with Gasteiger partial charge in [-0.2, -0.15) is 8.78 Å². The number of esters is 1. The zero-order chi connectivity index (χ0) is 14.1. The number of hydrogen-bond acceptors (Lipinski definition) is 4. The Morgan fingerprint density at radius 2 is 2.33 bits per heavy atom. The van der Waals surface area contributed by atoms with E-state index in [-0.39, 0.29) is 17.9 Å². The van der Waals surface area contributed by atoms with Crippen LogP contribution in [0.2, 0.25) is 0 Å². The molecule has 0 spiro atoms. The molecule has 5 nitrogen and oxygen atoms in total. The molecule has 0 saturated carbocycles. The maximum atomic E-state index is 13.3. The Morgan fingerprint density at radius 3 is 2.72 bits per heavy atom. The maximum absolute atomic E-state index is 13.3. The van der Waals surface area contributed by atoms with E-state index in [2.05, 4.69) is 4.74 Å². The Hall–Kier alpha value is -1.21. The molecule has 0 aromatic carbocycles. The summed E-state index contributed by atoms with van der Waals surface area (Å²) in [7, 11) is 0. The molecule has 0 saturated heterocycles. The molecular formula is C10H12ClF2NO4. The molecule has 1 amide bonds. The van der Waals surface area contributed by atoms with Crippen LogP contribution in [0.15, 0.2) is 11.8 Å². The van der Waals surface area contributed by atoms with E-state index in [1.807, 2.05) is 0 Å². The van der Waals surface area contributed by atoms with Crippen LogP contribution < -0.4 is 0 Å². The van der Waals surface area contributed by atoms with Crippen molar-refractivity contribution in [3.8, 4) is 0 Å². The smallest absolute Gasteiger partial charge is 0.369 e. The van der Waals surface area contributed by atoms with Crippen molar-refractivity contribution in [2.75, 3.05) is 6.61 Å². The van der Waals surface area contributed by atoms with Gasteiger partial charge in [0.05, 0.1) is 6.61 Å². The zero-order valence-electron chi connectivity index (χ0n) is 9.69. The fourth-order valence-corrected chi connectivity index (χ4v) is 2.00. The average Bonchev–Trinajstić information content (AvgIpc) is 2.52. The Morgan fingerprint density at radius 1 is 1.78 bits per heavy atom. The monoisotopic (exact) mass is 283 g/mol. The number of nitrogens with zero attached hydrogens (tertiary/aromatic N) is 1. The maximum Gasteiger partial charge on any atom is 0.369 e. The summed E-state index contributed by atoms with van der Waals surface area (Å²) in [4.78, 5) is 22.5. The van der Waals surface area contributed by atoms with Gasteiger partial charge in [0, 0.05) is 5.92 Å². The molecule has 102 valence electrons. The highest BCUT2D eigenvalue weighted by Crippen LogP contribution is 2.46. The summed E-state index contributed by atoms with van der Waals surface area (Å²) < 4.78 is 31.1. The lowest BCUT2D eigenvalue weighted by Gasteiger charge is -2.37. The van der Waals surface area contributed by atoms with E-state index in [4.69, 9.17) is 11.6 Å². The second-order valence-corrected chi connectivity index (χ2v) is 4.24. The molecule has 0 aliphatic carbocycles. The molecule has 1 aliphatic rings. The number of amides is 1. The van der Waals surface area contributed by atoms with E-state index in [9.17, 15) is 23.5 Å². The van der Waals surface area contributed by atoms with Gasteiger partial charge in [-0.25, -0.2) is 4.79 Å². The van der Waals surface area contributed by atoms with Gasteiger partial charge in [0.15, 0.2) is 0 Å². The molecule has 0 unspecified atom stereocenters. The van der Waals surface area contributed by atoms with E-state index < -0.39 is 28.7 Å². The van der Waals surface area contributed by atoms with Crippen molar-refractivity contribution in [1.82, 2.24) is 4.90 Å². The van der Waals surface area contributed by atoms with Crippen LogP contribution in [0.5, 0.6) is 0 Å². The summed E-state index contributed by atoms with van der Waals surface area (Å²) in [6.07, 6.45) is 0.936. The van der Waals surface area contributed by atoms with Crippen molar-refractivity contribution in [2.45, 2.75) is 25.0 Å². The Balaban J connectivity index is 3.17. The highest BCUT2D eigenvalue weighted by atomic mass is 35.5. The van der Waals surface area contributed by atoms with E-state index in [1.165, 1.54) is 13.8 Å². The lowest BCUT2D eigenvalue weighted by atomic mass is 10.0. The first-order chi connectivity index (χ1) is 8.20. The van der Waals surface area contributed by atoms with Crippen molar-refractivity contribution < 1.29 is 28.2 Å². The minimum absolute atomic E-state index is 0.00689. The van der Waals surface area contributed by atoms with Gasteiger partial charge in [-0.1, -0.05) is 6.92 Å². The molecular weight excluding hydrogens is 272 g/mol. The summed E-state index contributed by atoms with van der Waals surface area (Å²) >= 11 is 4.83. The van der Waals surface area contributed by atoms with Crippen LogP contribution in [-0.2, 0) is 14.3 Å². The van der Waals surface area contributed by atoms with Crippen molar-refractivity contribution >= 4 is 24.0 Å². The number of aliphatic hydroxyl groups is 1. The fraction of sp³-hybridized carbons (Fsp3) is 0.600. The van der Waals surface area contributed by atoms with Gasteiger partial charge >= 0.3 is 11.4 Å². The SMILES string of the molecule is CCOC(=O)C1=C[C@@H](C)[C@](O)(C(F)(F)Cl)N1C=O. The highest BCUT2D eigenvalue weighted by molar-refractivity contribution is 6.22. The molecule has 1 N–H and O–H groups in total. The van der Waals surface area contributed by atoms with Gasteiger partial charge in [-0.15, -0.1) is 0 Å². The third kappa shape index (κ3) is 2.08. The predicted molar refractivity (Wildman–Crippen MR) is 57.5 cm³/mol. The molecule has 8 heteroatoms. The summed E-state index contributed by atoms with van der Waals surface area (Å²) in [6, 6.07) is 0. The first kappa shape index (κ1) is 14.8. The minimum atomic E-state index is -4.11. The predicted octanol–water partition coefficient (Wildman–Crippen LogP) is 1.06. The summed E-state index contributed by atoms with van der Waals surface area (Å²) in [5.41, 5.74) is -3.44. The number of alkyl halides is 3. The normalized spacial score (nSPS) is 28.0. The fourth-order valence-electron chi connectivity index (χ4n) is 1.74. The number of rotatable bonds is 4. The molecule has 0 aromatic heterocycles. The standard InChI is InChI=1S/C10H12ClF2NO4/c1-3-18-8(16)7-4-6(2)9(17,10(11,12)13)14(7)5-15/h4-6,17H,3H2,1-2H3/t6-,9+/m1/s1. The van der Waals surface area contributed by atoms with Crippen LogP contribution in [0.4, 0.5) is 8.78 Å². The van der Waals surface area contributed by atoms with Crippen LogP contribution in [0, 0.1) is 5.92 Å². The van der Waals surface area contributed by atoms with Gasteiger partial charge in [0.1, 0.15) is 5.70 Å². The van der Waals surface area contributed by atoms with Gasteiger partial charge in [0.2, 0.25) is 12.1 Å². The second-order valence-electron chi connectivity index (χ2n) is 3.76. The molecule has 0 bridgehead atoms. The zero-order valence-corrected chi connectivity index (χ0v) is 10.4. The van der Waals surface area contributed by atoms with Crippen molar-refractivity contribution in [3.05, 3.63) is 11.8 Å². The van der Waals surface area contributed by atoms with E-state index in [1.54, 1.807) is 0 Å². The van der Waals surface area contributed by atoms with Gasteiger partial charge in [0.25, 0.3) is 0 Å². The van der Waals surface area contributed by atoms with Gasteiger partial charge in [-0.05, 0) is 24.6 Å². The molecule has 0 fully saturated rings. The van der Waals surface area contributed by atoms with E-state index in [0.29, 0.717) is 0 Å². The van der Waals surface area contributed by atoms with Crippen molar-refractivity contribution in [1.29, 1.82) is 0 Å². The Bertz CT molecular complexity index is 396. The van der Waals surface area contributed by atoms with Crippen LogP contribution in [0.25, 0.3) is 0 Å². The summed E-state index contributed by atoms with van der Waals surface area (Å²) in [5, 5.41) is 5.78. The van der Waals surface area contributed by atoms with E-state index in [0.717, 1.165) is 6.08 Å². The highest BCUT2D eigenvalue weighted by Gasteiger charge is 2.63. The first-order valence-corrected chi connectivity index (χ1v) is 5.50. The quantitative estimate of drug-likeness (QED) is 0.476. The molecule has 2 atom stereocenters.